The van der Waals surface area contributed by atoms with Crippen LogP contribution in [0.15, 0.2) is 12.2 Å². The SMILES string of the molecule is CCC1C=CCC(OC2C(CC)OC(OC3CC(C)CC(N)C3O)C2O)O1. The Hall–Kier alpha value is -0.540. The van der Waals surface area contributed by atoms with Gasteiger partial charge in [-0.05, 0) is 31.6 Å². The zero-order valence-corrected chi connectivity index (χ0v) is 16.6. The maximum Gasteiger partial charge on any atom is 0.186 e. The van der Waals surface area contributed by atoms with Crippen LogP contribution in [-0.4, -0.2) is 65.5 Å². The van der Waals surface area contributed by atoms with E-state index in [1.807, 2.05) is 13.0 Å². The smallest absolute Gasteiger partial charge is 0.186 e. The van der Waals surface area contributed by atoms with Gasteiger partial charge in [-0.25, -0.2) is 0 Å². The Morgan fingerprint density at radius 2 is 1.85 bits per heavy atom. The van der Waals surface area contributed by atoms with Gasteiger partial charge >= 0.3 is 0 Å². The molecular formula is C20H35NO6. The lowest BCUT2D eigenvalue weighted by molar-refractivity contribution is -0.223. The van der Waals surface area contributed by atoms with E-state index in [2.05, 4.69) is 19.9 Å². The molecule has 7 heteroatoms. The van der Waals surface area contributed by atoms with Crippen LogP contribution in [0.25, 0.3) is 0 Å². The van der Waals surface area contributed by atoms with Crippen molar-refractivity contribution in [3.05, 3.63) is 12.2 Å². The van der Waals surface area contributed by atoms with Crippen molar-refractivity contribution in [1.29, 1.82) is 0 Å². The van der Waals surface area contributed by atoms with E-state index in [4.69, 9.17) is 24.7 Å². The largest absolute Gasteiger partial charge is 0.389 e. The van der Waals surface area contributed by atoms with Crippen molar-refractivity contribution in [3.63, 3.8) is 0 Å². The van der Waals surface area contributed by atoms with Crippen LogP contribution >= 0.6 is 0 Å². The van der Waals surface area contributed by atoms with E-state index in [-0.39, 0.29) is 18.2 Å². The number of hydrogen-bond acceptors (Lipinski definition) is 7. The first-order valence-corrected chi connectivity index (χ1v) is 10.3. The third-order valence-electron chi connectivity index (χ3n) is 5.85. The summed E-state index contributed by atoms with van der Waals surface area (Å²) in [5.41, 5.74) is 6.02. The predicted octanol–water partition coefficient (Wildman–Crippen LogP) is 1.45. The van der Waals surface area contributed by atoms with Crippen LogP contribution < -0.4 is 5.73 Å². The summed E-state index contributed by atoms with van der Waals surface area (Å²) in [6.45, 7) is 6.14. The van der Waals surface area contributed by atoms with Gasteiger partial charge in [-0.2, -0.15) is 0 Å². The van der Waals surface area contributed by atoms with Crippen LogP contribution in [-0.2, 0) is 18.9 Å². The number of nitrogens with two attached hydrogens (primary N) is 1. The summed E-state index contributed by atoms with van der Waals surface area (Å²) in [6.07, 6.45) is 3.62. The summed E-state index contributed by atoms with van der Waals surface area (Å²) in [6, 6.07) is -0.320. The molecule has 1 saturated heterocycles. The van der Waals surface area contributed by atoms with Gasteiger partial charge in [-0.15, -0.1) is 0 Å². The van der Waals surface area contributed by atoms with Crippen molar-refractivity contribution >= 4 is 0 Å². The molecule has 3 rings (SSSR count). The molecule has 0 bridgehead atoms. The molecule has 2 fully saturated rings. The molecule has 2 heterocycles. The number of aliphatic hydroxyl groups is 2. The second kappa shape index (κ2) is 9.31. The summed E-state index contributed by atoms with van der Waals surface area (Å²) < 4.78 is 23.9. The van der Waals surface area contributed by atoms with E-state index in [0.29, 0.717) is 25.2 Å². The summed E-state index contributed by atoms with van der Waals surface area (Å²) >= 11 is 0. The predicted molar refractivity (Wildman–Crippen MR) is 99.8 cm³/mol. The first-order valence-electron chi connectivity index (χ1n) is 10.3. The van der Waals surface area contributed by atoms with Gasteiger partial charge in [0.25, 0.3) is 0 Å². The first-order chi connectivity index (χ1) is 12.9. The Morgan fingerprint density at radius 1 is 1.07 bits per heavy atom. The fourth-order valence-electron chi connectivity index (χ4n) is 4.27. The van der Waals surface area contributed by atoms with Crippen molar-refractivity contribution < 1.29 is 29.2 Å². The Kier molecular flexibility index (Phi) is 7.30. The van der Waals surface area contributed by atoms with E-state index in [9.17, 15) is 10.2 Å². The maximum absolute atomic E-state index is 10.8. The minimum absolute atomic E-state index is 0.0377. The van der Waals surface area contributed by atoms with Gasteiger partial charge in [0.2, 0.25) is 0 Å². The molecule has 3 aliphatic rings. The van der Waals surface area contributed by atoms with Gasteiger partial charge in [0.05, 0.1) is 24.4 Å². The van der Waals surface area contributed by atoms with E-state index < -0.39 is 37.0 Å². The van der Waals surface area contributed by atoms with Crippen molar-refractivity contribution in [2.24, 2.45) is 11.7 Å². The monoisotopic (exact) mass is 385 g/mol. The number of rotatable bonds is 6. The molecule has 2 aliphatic heterocycles. The molecule has 10 atom stereocenters. The minimum Gasteiger partial charge on any atom is -0.389 e. The Bertz CT molecular complexity index is 503. The summed E-state index contributed by atoms with van der Waals surface area (Å²) in [5.74, 6) is 0.356. The van der Waals surface area contributed by atoms with Crippen molar-refractivity contribution in [3.8, 4) is 0 Å². The number of ether oxygens (including phenoxy) is 4. The highest BCUT2D eigenvalue weighted by atomic mass is 16.7. The topological polar surface area (TPSA) is 103 Å². The van der Waals surface area contributed by atoms with Crippen LogP contribution in [0.1, 0.15) is 52.9 Å². The summed E-state index contributed by atoms with van der Waals surface area (Å²) in [5, 5.41) is 21.2. The van der Waals surface area contributed by atoms with Crippen molar-refractivity contribution in [2.45, 2.75) is 108 Å². The van der Waals surface area contributed by atoms with E-state index in [0.717, 1.165) is 12.8 Å². The van der Waals surface area contributed by atoms with Crippen LogP contribution in [0.3, 0.4) is 0 Å². The molecule has 27 heavy (non-hydrogen) atoms. The minimum atomic E-state index is -0.940. The van der Waals surface area contributed by atoms with Crippen molar-refractivity contribution in [1.82, 2.24) is 0 Å². The molecule has 0 radical (unpaired) electrons. The highest BCUT2D eigenvalue weighted by Crippen LogP contribution is 2.33. The lowest BCUT2D eigenvalue weighted by Gasteiger charge is -2.37. The second-order valence-electron chi connectivity index (χ2n) is 8.12. The molecule has 156 valence electrons. The molecule has 0 aromatic carbocycles. The maximum atomic E-state index is 10.8. The van der Waals surface area contributed by atoms with Gasteiger partial charge < -0.3 is 34.9 Å². The van der Waals surface area contributed by atoms with Gasteiger partial charge in [0, 0.05) is 12.5 Å². The summed E-state index contributed by atoms with van der Waals surface area (Å²) in [4.78, 5) is 0. The standard InChI is InChI=1S/C20H35NO6/c1-4-12-7-6-8-16(24-12)27-19-14(5-2)25-20(18(19)23)26-15-10-11(3)9-13(21)17(15)22/h6-7,11-20,22-23H,4-5,8-10,21H2,1-3H3. The third kappa shape index (κ3) is 4.90. The molecule has 0 amide bonds. The van der Waals surface area contributed by atoms with Crippen LogP contribution in [0, 0.1) is 5.92 Å². The van der Waals surface area contributed by atoms with Crippen molar-refractivity contribution in [2.75, 3.05) is 0 Å². The quantitative estimate of drug-likeness (QED) is 0.595. The van der Waals surface area contributed by atoms with Gasteiger partial charge in [-0.3, -0.25) is 0 Å². The van der Waals surface area contributed by atoms with E-state index in [1.165, 1.54) is 0 Å². The fourth-order valence-corrected chi connectivity index (χ4v) is 4.27. The molecule has 0 aromatic heterocycles. The average Bonchev–Trinajstić information content (AvgIpc) is 2.95. The van der Waals surface area contributed by atoms with Gasteiger partial charge in [0.1, 0.15) is 12.2 Å². The third-order valence-corrected chi connectivity index (χ3v) is 5.85. The normalized spacial score (nSPS) is 48.1. The average molecular weight is 386 g/mol. The fraction of sp³-hybridized carbons (Fsp3) is 0.900. The second-order valence-corrected chi connectivity index (χ2v) is 8.12. The van der Waals surface area contributed by atoms with E-state index >= 15 is 0 Å². The molecule has 4 N–H and O–H groups in total. The van der Waals surface area contributed by atoms with Crippen LogP contribution in [0.2, 0.25) is 0 Å². The number of hydrogen-bond donors (Lipinski definition) is 3. The Labute approximate surface area is 161 Å². The Morgan fingerprint density at radius 3 is 2.56 bits per heavy atom. The molecule has 0 aromatic rings. The zero-order chi connectivity index (χ0) is 19.6. The van der Waals surface area contributed by atoms with Gasteiger partial charge in [0.15, 0.2) is 12.6 Å². The molecule has 1 saturated carbocycles. The molecule has 1 aliphatic carbocycles. The zero-order valence-electron chi connectivity index (χ0n) is 16.6. The van der Waals surface area contributed by atoms with Crippen LogP contribution in [0.5, 0.6) is 0 Å². The van der Waals surface area contributed by atoms with Crippen LogP contribution in [0.4, 0.5) is 0 Å². The highest BCUT2D eigenvalue weighted by Gasteiger charge is 2.48. The Balaban J connectivity index is 1.61. The summed E-state index contributed by atoms with van der Waals surface area (Å²) in [7, 11) is 0. The molecule has 7 nitrogen and oxygen atoms in total. The van der Waals surface area contributed by atoms with Gasteiger partial charge in [-0.1, -0.05) is 32.9 Å². The highest BCUT2D eigenvalue weighted by molar-refractivity contribution is 4.96. The van der Waals surface area contributed by atoms with E-state index in [1.54, 1.807) is 0 Å². The lowest BCUT2D eigenvalue weighted by Crippen LogP contribution is -2.51. The number of aliphatic hydroxyl groups excluding tert-OH is 2. The molecular weight excluding hydrogens is 350 g/mol. The first kappa shape index (κ1) is 21.2. The molecule has 10 unspecified atom stereocenters. The lowest BCUT2D eigenvalue weighted by atomic mass is 9.83. The molecule has 0 spiro atoms.